The van der Waals surface area contributed by atoms with Crippen molar-refractivity contribution in [2.75, 3.05) is 6.61 Å². The molecule has 0 aromatic carbocycles. The van der Waals surface area contributed by atoms with Gasteiger partial charge in [-0.2, -0.15) is 13.2 Å². The Morgan fingerprint density at radius 2 is 2.00 bits per heavy atom. The monoisotopic (exact) mass is 262 g/mol. The third-order valence-electron chi connectivity index (χ3n) is 3.81. The fourth-order valence-corrected chi connectivity index (χ4v) is 2.92. The molecule has 2 atom stereocenters. The molecule has 18 heavy (non-hydrogen) atoms. The van der Waals surface area contributed by atoms with Crippen LogP contribution >= 0.6 is 0 Å². The SMILES string of the molecule is O=C(/C=C1\C[C@@H]2CCCCC[C@H]12)OCC(F)(F)F. The van der Waals surface area contributed by atoms with E-state index in [4.69, 9.17) is 0 Å². The maximum absolute atomic E-state index is 11.9. The van der Waals surface area contributed by atoms with Crippen LogP contribution in [0.1, 0.15) is 38.5 Å². The van der Waals surface area contributed by atoms with Gasteiger partial charge in [-0.3, -0.25) is 0 Å². The standard InChI is InChI=1S/C13H17F3O2/c14-13(15,16)8-18-12(17)7-10-6-9-4-2-1-3-5-11(9)10/h7,9,11H,1-6,8H2/b10-7+/t9-,11-/m0/s1. The number of alkyl halides is 3. The van der Waals surface area contributed by atoms with E-state index >= 15 is 0 Å². The first-order chi connectivity index (χ1) is 8.46. The van der Waals surface area contributed by atoms with Crippen LogP contribution in [0, 0.1) is 11.8 Å². The van der Waals surface area contributed by atoms with Gasteiger partial charge in [-0.15, -0.1) is 0 Å². The fraction of sp³-hybridized carbons (Fsp3) is 0.769. The summed E-state index contributed by atoms with van der Waals surface area (Å²) in [7, 11) is 0. The van der Waals surface area contributed by atoms with E-state index in [1.807, 2.05) is 0 Å². The summed E-state index contributed by atoms with van der Waals surface area (Å²) in [5.74, 6) is 0.185. The van der Waals surface area contributed by atoms with Gasteiger partial charge < -0.3 is 4.74 Å². The minimum Gasteiger partial charge on any atom is -0.453 e. The van der Waals surface area contributed by atoms with Gasteiger partial charge >= 0.3 is 12.1 Å². The summed E-state index contributed by atoms with van der Waals surface area (Å²) in [6, 6.07) is 0. The van der Waals surface area contributed by atoms with Crippen molar-refractivity contribution in [3.05, 3.63) is 11.6 Å². The number of fused-ring (bicyclic) bond motifs is 1. The molecule has 0 unspecified atom stereocenters. The van der Waals surface area contributed by atoms with Crippen LogP contribution in [-0.4, -0.2) is 18.8 Å². The first kappa shape index (κ1) is 13.4. The second-order valence-corrected chi connectivity index (χ2v) is 5.15. The average molecular weight is 262 g/mol. The number of halogens is 3. The van der Waals surface area contributed by atoms with Crippen LogP contribution in [0.2, 0.25) is 0 Å². The molecule has 0 N–H and O–H groups in total. The highest BCUT2D eigenvalue weighted by molar-refractivity contribution is 5.83. The van der Waals surface area contributed by atoms with Crippen LogP contribution < -0.4 is 0 Å². The van der Waals surface area contributed by atoms with Crippen molar-refractivity contribution in [3.63, 3.8) is 0 Å². The molecule has 0 spiro atoms. The molecule has 5 heteroatoms. The van der Waals surface area contributed by atoms with Crippen molar-refractivity contribution < 1.29 is 22.7 Å². The van der Waals surface area contributed by atoms with E-state index in [9.17, 15) is 18.0 Å². The van der Waals surface area contributed by atoms with Gasteiger partial charge in [0, 0.05) is 6.08 Å². The van der Waals surface area contributed by atoms with E-state index in [0.29, 0.717) is 11.8 Å². The zero-order valence-electron chi connectivity index (χ0n) is 10.1. The van der Waals surface area contributed by atoms with Crippen molar-refractivity contribution in [2.24, 2.45) is 11.8 Å². The van der Waals surface area contributed by atoms with Crippen LogP contribution in [0.4, 0.5) is 13.2 Å². The lowest BCUT2D eigenvalue weighted by Gasteiger charge is -2.38. The second-order valence-electron chi connectivity index (χ2n) is 5.15. The third-order valence-corrected chi connectivity index (χ3v) is 3.81. The van der Waals surface area contributed by atoms with Gasteiger partial charge in [0.05, 0.1) is 0 Å². The number of ether oxygens (including phenoxy) is 1. The highest BCUT2D eigenvalue weighted by Gasteiger charge is 2.37. The molecule has 0 aliphatic heterocycles. The molecule has 2 nitrogen and oxygen atoms in total. The normalized spacial score (nSPS) is 30.3. The van der Waals surface area contributed by atoms with Crippen LogP contribution in [0.5, 0.6) is 0 Å². The van der Waals surface area contributed by atoms with Gasteiger partial charge in [0.2, 0.25) is 0 Å². The summed E-state index contributed by atoms with van der Waals surface area (Å²) >= 11 is 0. The molecule has 2 rings (SSSR count). The van der Waals surface area contributed by atoms with Crippen molar-refractivity contribution in [1.29, 1.82) is 0 Å². The molecule has 2 saturated carbocycles. The van der Waals surface area contributed by atoms with E-state index in [2.05, 4.69) is 4.74 Å². The zero-order chi connectivity index (χ0) is 13.2. The number of allylic oxidation sites excluding steroid dienone is 1. The molecule has 0 amide bonds. The number of hydrogen-bond acceptors (Lipinski definition) is 2. The first-order valence-electron chi connectivity index (χ1n) is 6.40. The molecule has 0 aromatic rings. The average Bonchev–Trinajstić information content (AvgIpc) is 2.44. The molecule has 2 fully saturated rings. The Labute approximate surface area is 104 Å². The van der Waals surface area contributed by atoms with E-state index in [-0.39, 0.29) is 0 Å². The predicted molar refractivity (Wildman–Crippen MR) is 59.8 cm³/mol. The van der Waals surface area contributed by atoms with Gasteiger partial charge in [0.1, 0.15) is 0 Å². The summed E-state index contributed by atoms with van der Waals surface area (Å²) < 4.78 is 39.8. The Bertz CT molecular complexity index is 347. The first-order valence-corrected chi connectivity index (χ1v) is 6.40. The molecular weight excluding hydrogens is 245 g/mol. The number of carbonyl (C=O) groups excluding carboxylic acids is 1. The second kappa shape index (κ2) is 5.33. The lowest BCUT2D eigenvalue weighted by molar-refractivity contribution is -0.182. The Hall–Kier alpha value is -1.00. The Morgan fingerprint density at radius 1 is 1.28 bits per heavy atom. The highest BCUT2D eigenvalue weighted by Crippen LogP contribution is 2.47. The van der Waals surface area contributed by atoms with Crippen LogP contribution in [0.15, 0.2) is 11.6 Å². The Morgan fingerprint density at radius 3 is 2.72 bits per heavy atom. The smallest absolute Gasteiger partial charge is 0.422 e. The zero-order valence-corrected chi connectivity index (χ0v) is 10.1. The summed E-state index contributed by atoms with van der Waals surface area (Å²) in [6.07, 6.45) is 3.52. The lowest BCUT2D eigenvalue weighted by Crippen LogP contribution is -2.29. The molecule has 102 valence electrons. The topological polar surface area (TPSA) is 26.3 Å². The number of carbonyl (C=O) groups is 1. The molecule has 2 aliphatic carbocycles. The van der Waals surface area contributed by atoms with E-state index in [1.54, 1.807) is 0 Å². The number of rotatable bonds is 2. The quantitative estimate of drug-likeness (QED) is 0.561. The lowest BCUT2D eigenvalue weighted by atomic mass is 9.66. The Kier molecular flexibility index (Phi) is 3.97. The number of esters is 1. The molecule has 0 heterocycles. The van der Waals surface area contributed by atoms with Crippen molar-refractivity contribution >= 4 is 5.97 Å². The van der Waals surface area contributed by atoms with Gasteiger partial charge in [-0.1, -0.05) is 24.8 Å². The third kappa shape index (κ3) is 3.50. The molecule has 0 bridgehead atoms. The maximum Gasteiger partial charge on any atom is 0.422 e. The fourth-order valence-electron chi connectivity index (χ4n) is 2.92. The summed E-state index contributed by atoms with van der Waals surface area (Å²) in [4.78, 5) is 11.3. The Balaban J connectivity index is 1.84. The van der Waals surface area contributed by atoms with Gasteiger partial charge in [-0.25, -0.2) is 4.79 Å². The van der Waals surface area contributed by atoms with Gasteiger partial charge in [-0.05, 0) is 31.1 Å². The molecule has 2 aliphatic rings. The highest BCUT2D eigenvalue weighted by atomic mass is 19.4. The van der Waals surface area contributed by atoms with E-state index < -0.39 is 18.8 Å². The van der Waals surface area contributed by atoms with Crippen molar-refractivity contribution in [3.8, 4) is 0 Å². The maximum atomic E-state index is 11.9. The van der Waals surface area contributed by atoms with E-state index in [0.717, 1.165) is 24.8 Å². The summed E-state index contributed by atoms with van der Waals surface area (Å²) in [5, 5.41) is 0. The van der Waals surface area contributed by atoms with Gasteiger partial charge in [0.25, 0.3) is 0 Å². The molecule has 0 saturated heterocycles. The summed E-state index contributed by atoms with van der Waals surface area (Å²) in [6.45, 7) is -1.50. The number of hydrogen-bond donors (Lipinski definition) is 0. The molecular formula is C13H17F3O2. The largest absolute Gasteiger partial charge is 0.453 e. The molecule has 0 aromatic heterocycles. The summed E-state index contributed by atoms with van der Waals surface area (Å²) in [5.41, 5.74) is 0.981. The van der Waals surface area contributed by atoms with Crippen LogP contribution in [0.25, 0.3) is 0 Å². The van der Waals surface area contributed by atoms with E-state index in [1.165, 1.54) is 25.3 Å². The van der Waals surface area contributed by atoms with Crippen molar-refractivity contribution in [1.82, 2.24) is 0 Å². The molecule has 0 radical (unpaired) electrons. The minimum absolute atomic E-state index is 0.408. The van der Waals surface area contributed by atoms with Gasteiger partial charge in [0.15, 0.2) is 6.61 Å². The predicted octanol–water partition coefficient (Wildman–Crippen LogP) is 3.62. The van der Waals surface area contributed by atoms with Crippen LogP contribution in [-0.2, 0) is 9.53 Å². The minimum atomic E-state index is -4.45. The van der Waals surface area contributed by atoms with Crippen molar-refractivity contribution in [2.45, 2.75) is 44.7 Å². The van der Waals surface area contributed by atoms with Crippen LogP contribution in [0.3, 0.4) is 0 Å².